The molecule has 0 fully saturated rings. The van der Waals surface area contributed by atoms with Gasteiger partial charge in [0.1, 0.15) is 0 Å². The van der Waals surface area contributed by atoms with Crippen molar-refractivity contribution in [2.75, 3.05) is 13.2 Å². The molecule has 0 aromatic heterocycles. The van der Waals surface area contributed by atoms with Crippen LogP contribution in [0.1, 0.15) is 46.8 Å². The van der Waals surface area contributed by atoms with Crippen LogP contribution in [-0.4, -0.2) is 34.3 Å². The molecule has 0 bridgehead atoms. The van der Waals surface area contributed by atoms with Gasteiger partial charge in [0.2, 0.25) is 0 Å². The predicted molar refractivity (Wildman–Crippen MR) is 115 cm³/mol. The highest BCUT2D eigenvalue weighted by Gasteiger charge is 2.25. The second kappa shape index (κ2) is 11.0. The van der Waals surface area contributed by atoms with E-state index in [0.29, 0.717) is 12.0 Å². The lowest BCUT2D eigenvalue weighted by Crippen LogP contribution is -2.45. The van der Waals surface area contributed by atoms with Gasteiger partial charge in [0.15, 0.2) is 5.78 Å². The normalized spacial score (nSPS) is 13.8. The minimum Gasteiger partial charge on any atom is -0.375 e. The summed E-state index contributed by atoms with van der Waals surface area (Å²) < 4.78 is 20.7. The molecule has 164 valence electrons. The Kier molecular flexibility index (Phi) is 8.92. The average molecular weight is 435 g/mol. The molecule has 0 aliphatic carbocycles. The number of aryl methyl sites for hydroxylation is 2. The molecule has 4 N–H and O–H groups in total. The van der Waals surface area contributed by atoms with Crippen molar-refractivity contribution in [3.63, 3.8) is 0 Å². The Morgan fingerprint density at radius 1 is 1.03 bits per heavy atom. The van der Waals surface area contributed by atoms with Crippen LogP contribution in [0, 0.1) is 6.92 Å². The molecule has 8 heteroatoms. The van der Waals surface area contributed by atoms with Crippen molar-refractivity contribution in [2.45, 2.75) is 45.3 Å². The first-order valence-electron chi connectivity index (χ1n) is 9.78. The SMILES string of the molecule is Cc1ccc(CCCC(=O)c2ccc(COC[C@@](C)(N)COP(=O)(O)O)cc2)cc1. The summed E-state index contributed by atoms with van der Waals surface area (Å²) in [5.41, 5.74) is 8.88. The van der Waals surface area contributed by atoms with Crippen LogP contribution in [0.5, 0.6) is 0 Å². The van der Waals surface area contributed by atoms with Gasteiger partial charge in [-0.05, 0) is 37.8 Å². The highest BCUT2D eigenvalue weighted by Crippen LogP contribution is 2.36. The molecule has 0 spiro atoms. The Morgan fingerprint density at radius 2 is 1.63 bits per heavy atom. The highest BCUT2D eigenvalue weighted by molar-refractivity contribution is 7.46. The minimum absolute atomic E-state index is 0.0622. The molecule has 2 aromatic carbocycles. The number of carbonyl (C=O) groups is 1. The molecule has 0 aliphatic heterocycles. The Morgan fingerprint density at radius 3 is 2.23 bits per heavy atom. The molecule has 0 amide bonds. The van der Waals surface area contributed by atoms with Crippen LogP contribution in [0.4, 0.5) is 0 Å². The maximum atomic E-state index is 12.4. The number of ether oxygens (including phenoxy) is 1. The number of nitrogens with two attached hydrogens (primary N) is 1. The molecule has 0 radical (unpaired) electrons. The van der Waals surface area contributed by atoms with Crippen molar-refractivity contribution < 1.29 is 28.4 Å². The molecule has 0 aliphatic rings. The second-order valence-electron chi connectivity index (χ2n) is 7.87. The topological polar surface area (TPSA) is 119 Å². The lowest BCUT2D eigenvalue weighted by Gasteiger charge is -2.24. The third kappa shape index (κ3) is 9.30. The Balaban J connectivity index is 1.73. The molecule has 7 nitrogen and oxygen atoms in total. The Bertz CT molecular complexity index is 858. The quantitative estimate of drug-likeness (QED) is 0.345. The summed E-state index contributed by atoms with van der Waals surface area (Å²) in [5, 5.41) is 0. The van der Waals surface area contributed by atoms with Crippen LogP contribution in [0.15, 0.2) is 48.5 Å². The van der Waals surface area contributed by atoms with Gasteiger partial charge in [-0.3, -0.25) is 9.32 Å². The van der Waals surface area contributed by atoms with Gasteiger partial charge in [0, 0.05) is 12.0 Å². The monoisotopic (exact) mass is 435 g/mol. The summed E-state index contributed by atoms with van der Waals surface area (Å²) in [6, 6.07) is 15.6. The standard InChI is InChI=1S/C22H30NO6P/c1-17-6-8-18(9-7-17)4-3-5-21(24)20-12-10-19(11-13-20)14-28-15-22(2,23)16-29-30(25,26)27/h6-13H,3-5,14-16,23H2,1-2H3,(H2,25,26,27)/t22-/m1/s1. The summed E-state index contributed by atoms with van der Waals surface area (Å²) in [4.78, 5) is 29.9. The molecule has 0 saturated heterocycles. The fourth-order valence-corrected chi connectivity index (χ4v) is 3.28. The van der Waals surface area contributed by atoms with Gasteiger partial charge in [0.05, 0.1) is 25.4 Å². The van der Waals surface area contributed by atoms with Gasteiger partial charge in [-0.25, -0.2) is 4.57 Å². The van der Waals surface area contributed by atoms with Gasteiger partial charge in [-0.1, -0.05) is 54.1 Å². The Labute approximate surface area is 177 Å². The number of carbonyl (C=O) groups excluding carboxylic acids is 1. The molecular weight excluding hydrogens is 405 g/mol. The largest absolute Gasteiger partial charge is 0.469 e. The summed E-state index contributed by atoms with van der Waals surface area (Å²) in [7, 11) is -4.56. The third-order valence-electron chi connectivity index (χ3n) is 4.53. The van der Waals surface area contributed by atoms with E-state index < -0.39 is 13.4 Å². The van der Waals surface area contributed by atoms with E-state index >= 15 is 0 Å². The van der Waals surface area contributed by atoms with Crippen molar-refractivity contribution in [3.05, 3.63) is 70.8 Å². The molecule has 0 heterocycles. The zero-order chi connectivity index (χ0) is 22.2. The van der Waals surface area contributed by atoms with Gasteiger partial charge < -0.3 is 20.3 Å². The van der Waals surface area contributed by atoms with E-state index in [4.69, 9.17) is 20.3 Å². The summed E-state index contributed by atoms with van der Waals surface area (Å²) in [6.07, 6.45) is 2.18. The first-order chi connectivity index (χ1) is 14.0. The number of hydrogen-bond acceptors (Lipinski definition) is 5. The van der Waals surface area contributed by atoms with Crippen molar-refractivity contribution >= 4 is 13.6 Å². The maximum absolute atomic E-state index is 12.4. The van der Waals surface area contributed by atoms with Gasteiger partial charge >= 0.3 is 7.82 Å². The fourth-order valence-electron chi connectivity index (χ4n) is 2.81. The molecule has 0 saturated carbocycles. The van der Waals surface area contributed by atoms with E-state index in [1.54, 1.807) is 19.1 Å². The average Bonchev–Trinajstić information content (AvgIpc) is 2.68. The van der Waals surface area contributed by atoms with E-state index in [0.717, 1.165) is 18.4 Å². The van der Waals surface area contributed by atoms with Gasteiger partial charge in [0.25, 0.3) is 0 Å². The van der Waals surface area contributed by atoms with E-state index in [1.807, 2.05) is 12.1 Å². The van der Waals surface area contributed by atoms with Crippen LogP contribution in [0.25, 0.3) is 0 Å². The lowest BCUT2D eigenvalue weighted by atomic mass is 10.0. The number of ketones is 1. The van der Waals surface area contributed by atoms with Crippen LogP contribution in [0.3, 0.4) is 0 Å². The molecule has 2 aromatic rings. The summed E-state index contributed by atoms with van der Waals surface area (Å²) >= 11 is 0. The molecule has 2 rings (SSSR count). The summed E-state index contributed by atoms with van der Waals surface area (Å²) in [6.45, 7) is 3.64. The number of hydrogen-bond donors (Lipinski definition) is 3. The number of phosphoric ester groups is 1. The number of benzene rings is 2. The minimum atomic E-state index is -4.56. The van der Waals surface area contributed by atoms with Gasteiger partial charge in [-0.2, -0.15) is 0 Å². The lowest BCUT2D eigenvalue weighted by molar-refractivity contribution is 0.0512. The van der Waals surface area contributed by atoms with Crippen molar-refractivity contribution in [1.82, 2.24) is 0 Å². The van der Waals surface area contributed by atoms with Crippen LogP contribution in [-0.2, 0) is 26.9 Å². The van der Waals surface area contributed by atoms with Crippen molar-refractivity contribution in [2.24, 2.45) is 5.73 Å². The second-order valence-corrected chi connectivity index (χ2v) is 9.11. The predicted octanol–water partition coefficient (Wildman–Crippen LogP) is 3.54. The van der Waals surface area contributed by atoms with Crippen LogP contribution in [0.2, 0.25) is 0 Å². The van der Waals surface area contributed by atoms with Gasteiger partial charge in [-0.15, -0.1) is 0 Å². The third-order valence-corrected chi connectivity index (χ3v) is 4.99. The number of phosphoric acid groups is 1. The smallest absolute Gasteiger partial charge is 0.375 e. The molecule has 30 heavy (non-hydrogen) atoms. The van der Waals surface area contributed by atoms with Crippen LogP contribution < -0.4 is 5.73 Å². The van der Waals surface area contributed by atoms with Crippen molar-refractivity contribution in [3.8, 4) is 0 Å². The zero-order valence-corrected chi connectivity index (χ0v) is 18.3. The number of rotatable bonds is 12. The molecular formula is C22H30NO6P. The zero-order valence-electron chi connectivity index (χ0n) is 17.4. The van der Waals surface area contributed by atoms with E-state index in [9.17, 15) is 9.36 Å². The first kappa shape index (κ1) is 24.4. The van der Waals surface area contributed by atoms with E-state index in [1.165, 1.54) is 11.1 Å². The van der Waals surface area contributed by atoms with E-state index in [-0.39, 0.29) is 25.6 Å². The fraction of sp³-hybridized carbons (Fsp3) is 0.409. The number of Topliss-reactive ketones (excluding diaryl/α,β-unsaturated/α-hetero) is 1. The Hall–Kier alpha value is -1.86. The van der Waals surface area contributed by atoms with Crippen molar-refractivity contribution in [1.29, 1.82) is 0 Å². The molecule has 1 atom stereocenters. The van der Waals surface area contributed by atoms with E-state index in [2.05, 4.69) is 35.7 Å². The first-order valence-corrected chi connectivity index (χ1v) is 11.3. The highest BCUT2D eigenvalue weighted by atomic mass is 31.2. The maximum Gasteiger partial charge on any atom is 0.469 e. The van der Waals surface area contributed by atoms with Crippen LogP contribution >= 0.6 is 7.82 Å². The molecule has 0 unspecified atom stereocenters. The summed E-state index contributed by atoms with van der Waals surface area (Å²) in [5.74, 6) is 0.110.